The smallest absolute Gasteiger partial charge is 0.324 e. The minimum atomic E-state index is -4.59. The fourth-order valence-electron chi connectivity index (χ4n) is 2.83. The molecule has 0 aliphatic carbocycles. The van der Waals surface area contributed by atoms with E-state index in [9.17, 15) is 18.0 Å². The number of alkyl halides is 3. The number of imidazole rings is 1. The molecular formula is C21H19F3N6O. The molecule has 3 rings (SSSR count). The van der Waals surface area contributed by atoms with Gasteiger partial charge in [-0.25, -0.2) is 9.98 Å². The van der Waals surface area contributed by atoms with Gasteiger partial charge in [-0.3, -0.25) is 10.2 Å². The molecule has 1 heterocycles. The van der Waals surface area contributed by atoms with Crippen LogP contribution in [0.4, 0.5) is 24.5 Å². The second kappa shape index (κ2) is 8.42. The number of anilines is 2. The fraction of sp³-hybridized carbons (Fsp3) is 0.143. The zero-order valence-corrected chi connectivity index (χ0v) is 16.7. The van der Waals surface area contributed by atoms with Crippen LogP contribution in [0.2, 0.25) is 0 Å². The van der Waals surface area contributed by atoms with Crippen LogP contribution in [-0.2, 0) is 6.18 Å². The van der Waals surface area contributed by atoms with E-state index in [2.05, 4.69) is 27.3 Å². The lowest BCUT2D eigenvalue weighted by molar-refractivity contribution is -0.137. The van der Waals surface area contributed by atoms with E-state index < -0.39 is 17.6 Å². The van der Waals surface area contributed by atoms with Gasteiger partial charge in [0.2, 0.25) is 5.96 Å². The molecule has 0 atom stereocenters. The Labute approximate surface area is 176 Å². The van der Waals surface area contributed by atoms with E-state index in [1.165, 1.54) is 29.1 Å². The van der Waals surface area contributed by atoms with Gasteiger partial charge >= 0.3 is 6.18 Å². The van der Waals surface area contributed by atoms with Crippen LogP contribution in [-0.4, -0.2) is 28.1 Å². The van der Waals surface area contributed by atoms with Gasteiger partial charge in [0.15, 0.2) is 0 Å². The van der Waals surface area contributed by atoms with Crippen molar-refractivity contribution in [2.45, 2.75) is 20.0 Å². The van der Waals surface area contributed by atoms with Crippen LogP contribution in [0.15, 0.2) is 53.9 Å². The van der Waals surface area contributed by atoms with Crippen molar-refractivity contribution in [3.8, 4) is 5.69 Å². The van der Waals surface area contributed by atoms with Crippen molar-refractivity contribution in [2.24, 2.45) is 4.99 Å². The van der Waals surface area contributed by atoms with Gasteiger partial charge in [-0.1, -0.05) is 6.07 Å². The van der Waals surface area contributed by atoms with Crippen molar-refractivity contribution in [1.29, 1.82) is 5.41 Å². The van der Waals surface area contributed by atoms with E-state index in [1.54, 1.807) is 26.1 Å². The number of nitrogens with one attached hydrogen (secondary N) is 3. The second-order valence-corrected chi connectivity index (χ2v) is 6.80. The van der Waals surface area contributed by atoms with Gasteiger partial charge in [0, 0.05) is 28.8 Å². The summed E-state index contributed by atoms with van der Waals surface area (Å²) in [6.07, 6.45) is -1.61. The molecule has 0 unspecified atom stereocenters. The Hall–Kier alpha value is -3.95. The molecule has 31 heavy (non-hydrogen) atoms. The maximum atomic E-state index is 13.4. The van der Waals surface area contributed by atoms with E-state index in [0.717, 1.165) is 17.7 Å². The summed E-state index contributed by atoms with van der Waals surface area (Å²) in [5.74, 6) is -0.799. The first-order valence-electron chi connectivity index (χ1n) is 9.04. The number of hydrogen-bond donors (Lipinski definition) is 3. The van der Waals surface area contributed by atoms with Gasteiger partial charge in [0.1, 0.15) is 0 Å². The number of carbonyl (C=O) groups excluding carboxylic acids is 1. The highest BCUT2D eigenvalue weighted by Crippen LogP contribution is 2.33. The first-order valence-corrected chi connectivity index (χ1v) is 9.04. The number of aryl methyl sites for hydroxylation is 2. The molecule has 1 amide bonds. The number of aliphatic imine (C=N–C) groups is 1. The quantitative estimate of drug-likeness (QED) is 0.411. The number of halogens is 3. The molecular weight excluding hydrogens is 409 g/mol. The Balaban J connectivity index is 1.94. The molecule has 0 saturated heterocycles. The van der Waals surface area contributed by atoms with Gasteiger partial charge in [-0.15, -0.1) is 0 Å². The highest BCUT2D eigenvalue weighted by Gasteiger charge is 2.31. The van der Waals surface area contributed by atoms with Crippen molar-refractivity contribution < 1.29 is 18.0 Å². The lowest BCUT2D eigenvalue weighted by Gasteiger charge is -2.14. The van der Waals surface area contributed by atoms with Gasteiger partial charge in [0.25, 0.3) is 5.91 Å². The summed E-state index contributed by atoms with van der Waals surface area (Å²) in [5, 5.41) is 12.8. The summed E-state index contributed by atoms with van der Waals surface area (Å²) in [5.41, 5.74) is 1.35. The van der Waals surface area contributed by atoms with E-state index >= 15 is 0 Å². The monoisotopic (exact) mass is 428 g/mol. The van der Waals surface area contributed by atoms with Gasteiger partial charge in [-0.05, 0) is 56.5 Å². The van der Waals surface area contributed by atoms with Gasteiger partial charge < -0.3 is 15.2 Å². The third-order valence-corrected chi connectivity index (χ3v) is 4.42. The van der Waals surface area contributed by atoms with Crippen LogP contribution >= 0.6 is 0 Å². The maximum Gasteiger partial charge on any atom is 0.416 e. The summed E-state index contributed by atoms with van der Waals surface area (Å²) in [4.78, 5) is 20.2. The molecule has 3 aromatic rings. The number of carbonyl (C=O) groups is 1. The molecule has 0 saturated carbocycles. The Morgan fingerprint density at radius 2 is 1.90 bits per heavy atom. The van der Waals surface area contributed by atoms with Crippen LogP contribution in [0, 0.1) is 19.3 Å². The van der Waals surface area contributed by atoms with Crippen LogP contribution in [0.5, 0.6) is 0 Å². The predicted octanol–water partition coefficient (Wildman–Crippen LogP) is 4.81. The van der Waals surface area contributed by atoms with Crippen molar-refractivity contribution >= 4 is 30.0 Å². The van der Waals surface area contributed by atoms with Gasteiger partial charge in [0.05, 0.1) is 17.6 Å². The number of aromatic nitrogens is 2. The number of nitrogens with zero attached hydrogens (tertiary/aromatic N) is 3. The van der Waals surface area contributed by atoms with Crippen LogP contribution < -0.4 is 10.6 Å². The van der Waals surface area contributed by atoms with E-state index in [4.69, 9.17) is 5.41 Å². The summed E-state index contributed by atoms with van der Waals surface area (Å²) in [7, 11) is 0. The third-order valence-electron chi connectivity index (χ3n) is 4.42. The van der Waals surface area contributed by atoms with Crippen LogP contribution in [0.25, 0.3) is 5.69 Å². The van der Waals surface area contributed by atoms with Crippen LogP contribution in [0.1, 0.15) is 27.2 Å². The van der Waals surface area contributed by atoms with Crippen molar-refractivity contribution in [1.82, 2.24) is 9.55 Å². The molecule has 0 radical (unpaired) electrons. The largest absolute Gasteiger partial charge is 0.416 e. The molecule has 3 N–H and O–H groups in total. The Kier molecular flexibility index (Phi) is 5.91. The number of guanidine groups is 1. The molecule has 2 aromatic carbocycles. The highest BCUT2D eigenvalue weighted by atomic mass is 19.4. The Bertz CT molecular complexity index is 1170. The highest BCUT2D eigenvalue weighted by molar-refractivity contribution is 6.06. The van der Waals surface area contributed by atoms with Crippen LogP contribution in [0.3, 0.4) is 0 Å². The maximum absolute atomic E-state index is 13.4. The van der Waals surface area contributed by atoms with Gasteiger partial charge in [-0.2, -0.15) is 13.2 Å². The average Bonchev–Trinajstić information content (AvgIpc) is 3.15. The minimum Gasteiger partial charge on any atom is -0.324 e. The summed E-state index contributed by atoms with van der Waals surface area (Å²) in [6, 6.07) is 7.96. The topological polar surface area (TPSA) is 95.2 Å². The SMILES string of the molecule is C=NC(=N)Nc1cc(C(=O)Nc2cc(-n3cnc(C)c3)cc(C(F)(F)F)c2)ccc1C. The standard InChI is InChI=1S/C21H19F3N6O/c1-12-4-5-14(6-18(12)29-20(25)26-3)19(31)28-16-7-15(21(22,23)24)8-17(9-16)30-10-13(2)27-11-30/h4-11H,3H2,1-2H3,(H2,25,29)(H,28,31). The molecule has 0 aliphatic rings. The molecule has 0 spiro atoms. The van der Waals surface area contributed by atoms with Crippen molar-refractivity contribution in [3.63, 3.8) is 0 Å². The first-order chi connectivity index (χ1) is 14.6. The minimum absolute atomic E-state index is 0.0169. The fourth-order valence-corrected chi connectivity index (χ4v) is 2.83. The Morgan fingerprint density at radius 3 is 2.52 bits per heavy atom. The Morgan fingerprint density at radius 1 is 1.16 bits per heavy atom. The van der Waals surface area contributed by atoms with E-state index in [1.807, 2.05) is 0 Å². The summed E-state index contributed by atoms with van der Waals surface area (Å²) in [6.45, 7) is 6.74. The molecule has 0 aliphatic heterocycles. The predicted molar refractivity (Wildman–Crippen MR) is 113 cm³/mol. The van der Waals surface area contributed by atoms with E-state index in [0.29, 0.717) is 11.4 Å². The normalized spacial score (nSPS) is 11.1. The van der Waals surface area contributed by atoms with Crippen molar-refractivity contribution in [2.75, 3.05) is 10.6 Å². The zero-order chi connectivity index (χ0) is 22.8. The summed E-state index contributed by atoms with van der Waals surface area (Å²) < 4.78 is 41.7. The molecule has 0 fully saturated rings. The van der Waals surface area contributed by atoms with E-state index in [-0.39, 0.29) is 22.9 Å². The molecule has 160 valence electrons. The summed E-state index contributed by atoms with van der Waals surface area (Å²) >= 11 is 0. The zero-order valence-electron chi connectivity index (χ0n) is 16.7. The average molecular weight is 428 g/mol. The number of hydrogen-bond acceptors (Lipinski definition) is 3. The number of rotatable bonds is 4. The lowest BCUT2D eigenvalue weighted by atomic mass is 10.1. The molecule has 7 nitrogen and oxygen atoms in total. The lowest BCUT2D eigenvalue weighted by Crippen LogP contribution is -2.15. The molecule has 10 heteroatoms. The van der Waals surface area contributed by atoms with Crippen molar-refractivity contribution in [3.05, 3.63) is 71.3 Å². The molecule has 1 aromatic heterocycles. The number of amides is 1. The third kappa shape index (κ3) is 5.16. The molecule has 0 bridgehead atoms. The number of benzene rings is 2. The second-order valence-electron chi connectivity index (χ2n) is 6.80. The first kappa shape index (κ1) is 21.8.